The van der Waals surface area contributed by atoms with E-state index >= 15 is 0 Å². The molecule has 1 aromatic carbocycles. The SMILES string of the molecule is O=C(O)C(c1ccccc1)N1CCC2CCCCC21. The predicted octanol–water partition coefficient (Wildman–Crippen LogP) is 3.08. The van der Waals surface area contributed by atoms with Crippen LogP contribution in [0.3, 0.4) is 0 Å². The van der Waals surface area contributed by atoms with E-state index in [9.17, 15) is 9.90 Å². The zero-order valence-corrected chi connectivity index (χ0v) is 11.2. The molecule has 2 aliphatic rings. The molecule has 0 radical (unpaired) electrons. The van der Waals surface area contributed by atoms with Crippen LogP contribution >= 0.6 is 0 Å². The third-order valence-corrected chi connectivity index (χ3v) is 4.73. The third kappa shape index (κ3) is 2.39. The molecule has 19 heavy (non-hydrogen) atoms. The predicted molar refractivity (Wildman–Crippen MR) is 73.9 cm³/mol. The molecule has 1 N–H and O–H groups in total. The van der Waals surface area contributed by atoms with E-state index in [0.29, 0.717) is 6.04 Å². The van der Waals surface area contributed by atoms with Gasteiger partial charge in [0.15, 0.2) is 0 Å². The second kappa shape index (κ2) is 5.33. The van der Waals surface area contributed by atoms with Crippen LogP contribution in [0.25, 0.3) is 0 Å². The largest absolute Gasteiger partial charge is 0.480 e. The number of hydrogen-bond donors (Lipinski definition) is 1. The number of benzene rings is 1. The normalized spacial score (nSPS) is 28.8. The maximum atomic E-state index is 11.7. The summed E-state index contributed by atoms with van der Waals surface area (Å²) in [5.74, 6) is 0.0109. The van der Waals surface area contributed by atoms with Crippen LogP contribution in [0, 0.1) is 5.92 Å². The fraction of sp³-hybridized carbons (Fsp3) is 0.562. The Bertz CT molecular complexity index is 445. The van der Waals surface area contributed by atoms with Crippen LogP contribution in [0.4, 0.5) is 0 Å². The van der Waals surface area contributed by atoms with E-state index in [1.807, 2.05) is 30.3 Å². The van der Waals surface area contributed by atoms with E-state index in [1.165, 1.54) is 32.1 Å². The molecule has 3 unspecified atom stereocenters. The molecule has 1 aromatic rings. The molecule has 0 spiro atoms. The average molecular weight is 259 g/mol. The average Bonchev–Trinajstić information content (AvgIpc) is 2.84. The molecule has 1 saturated heterocycles. The first-order valence-corrected chi connectivity index (χ1v) is 7.31. The van der Waals surface area contributed by atoms with E-state index in [-0.39, 0.29) is 0 Å². The lowest BCUT2D eigenvalue weighted by molar-refractivity contribution is -0.144. The molecule has 0 aromatic heterocycles. The Hall–Kier alpha value is -1.35. The molecule has 3 atom stereocenters. The zero-order valence-electron chi connectivity index (χ0n) is 11.2. The first kappa shape index (κ1) is 12.7. The van der Waals surface area contributed by atoms with E-state index < -0.39 is 12.0 Å². The van der Waals surface area contributed by atoms with E-state index in [4.69, 9.17) is 0 Å². The number of fused-ring (bicyclic) bond motifs is 1. The number of hydrogen-bond acceptors (Lipinski definition) is 2. The lowest BCUT2D eigenvalue weighted by Crippen LogP contribution is -2.40. The zero-order chi connectivity index (χ0) is 13.2. The summed E-state index contributed by atoms with van der Waals surface area (Å²) in [6, 6.07) is 9.70. The molecule has 3 heteroatoms. The molecule has 0 bridgehead atoms. The van der Waals surface area contributed by atoms with Crippen molar-refractivity contribution < 1.29 is 9.90 Å². The molecular weight excluding hydrogens is 238 g/mol. The molecule has 2 fully saturated rings. The van der Waals surface area contributed by atoms with Gasteiger partial charge in [-0.05, 0) is 37.3 Å². The van der Waals surface area contributed by atoms with Crippen LogP contribution in [0.5, 0.6) is 0 Å². The summed E-state index contributed by atoms with van der Waals surface area (Å²) in [6.07, 6.45) is 6.18. The lowest BCUT2D eigenvalue weighted by atomic mass is 9.84. The highest BCUT2D eigenvalue weighted by atomic mass is 16.4. The van der Waals surface area contributed by atoms with Gasteiger partial charge in [-0.2, -0.15) is 0 Å². The first-order valence-electron chi connectivity index (χ1n) is 7.31. The van der Waals surface area contributed by atoms with Crippen LogP contribution in [0.15, 0.2) is 30.3 Å². The minimum Gasteiger partial charge on any atom is -0.480 e. The van der Waals surface area contributed by atoms with Gasteiger partial charge in [0, 0.05) is 6.04 Å². The van der Waals surface area contributed by atoms with Crippen molar-refractivity contribution in [2.45, 2.75) is 44.2 Å². The van der Waals surface area contributed by atoms with Crippen LogP contribution in [-0.2, 0) is 4.79 Å². The van der Waals surface area contributed by atoms with Crippen molar-refractivity contribution >= 4 is 5.97 Å². The Labute approximate surface area is 114 Å². The third-order valence-electron chi connectivity index (χ3n) is 4.73. The monoisotopic (exact) mass is 259 g/mol. The number of carbonyl (C=O) groups is 1. The van der Waals surface area contributed by atoms with Gasteiger partial charge in [0.2, 0.25) is 0 Å². The molecule has 0 amide bonds. The van der Waals surface area contributed by atoms with Crippen molar-refractivity contribution in [3.63, 3.8) is 0 Å². The van der Waals surface area contributed by atoms with Crippen molar-refractivity contribution in [2.75, 3.05) is 6.54 Å². The second-order valence-corrected chi connectivity index (χ2v) is 5.79. The summed E-state index contributed by atoms with van der Waals surface area (Å²) in [4.78, 5) is 14.0. The van der Waals surface area contributed by atoms with Gasteiger partial charge in [-0.1, -0.05) is 43.2 Å². The van der Waals surface area contributed by atoms with Gasteiger partial charge in [0.25, 0.3) is 0 Å². The van der Waals surface area contributed by atoms with Crippen molar-refractivity contribution in [3.8, 4) is 0 Å². The molecule has 1 aliphatic carbocycles. The van der Waals surface area contributed by atoms with Gasteiger partial charge in [-0.3, -0.25) is 9.69 Å². The van der Waals surface area contributed by atoms with Crippen LogP contribution in [0.1, 0.15) is 43.7 Å². The highest BCUT2D eigenvalue weighted by molar-refractivity contribution is 5.75. The minimum atomic E-state index is -0.711. The summed E-state index contributed by atoms with van der Waals surface area (Å²) in [6.45, 7) is 0.932. The topological polar surface area (TPSA) is 40.5 Å². The van der Waals surface area contributed by atoms with Crippen molar-refractivity contribution in [1.82, 2.24) is 4.90 Å². The van der Waals surface area contributed by atoms with Crippen molar-refractivity contribution in [1.29, 1.82) is 0 Å². The van der Waals surface area contributed by atoms with Crippen molar-refractivity contribution in [3.05, 3.63) is 35.9 Å². The summed E-state index contributed by atoms with van der Waals surface area (Å²) in [5, 5.41) is 9.64. The van der Waals surface area contributed by atoms with Gasteiger partial charge in [0.05, 0.1) is 0 Å². The molecule has 1 saturated carbocycles. The van der Waals surface area contributed by atoms with Crippen LogP contribution in [-0.4, -0.2) is 28.6 Å². The fourth-order valence-corrected chi connectivity index (χ4v) is 3.87. The van der Waals surface area contributed by atoms with Gasteiger partial charge in [-0.25, -0.2) is 0 Å². The Morgan fingerprint density at radius 2 is 1.89 bits per heavy atom. The van der Waals surface area contributed by atoms with E-state index in [2.05, 4.69) is 4.90 Å². The molecule has 102 valence electrons. The van der Waals surface area contributed by atoms with Gasteiger partial charge < -0.3 is 5.11 Å². The molecule has 1 aliphatic heterocycles. The van der Waals surface area contributed by atoms with Gasteiger partial charge in [-0.15, -0.1) is 0 Å². The van der Waals surface area contributed by atoms with Crippen LogP contribution in [0.2, 0.25) is 0 Å². The smallest absolute Gasteiger partial charge is 0.325 e. The van der Waals surface area contributed by atoms with Crippen LogP contribution < -0.4 is 0 Å². The molecule has 1 heterocycles. The molecule has 3 rings (SSSR count). The number of rotatable bonds is 3. The maximum Gasteiger partial charge on any atom is 0.325 e. The quantitative estimate of drug-likeness (QED) is 0.907. The molecular formula is C16H21NO2. The Morgan fingerprint density at radius 3 is 2.63 bits per heavy atom. The molecule has 3 nitrogen and oxygen atoms in total. The number of aliphatic carboxylic acids is 1. The summed E-state index contributed by atoms with van der Waals surface area (Å²) < 4.78 is 0. The summed E-state index contributed by atoms with van der Waals surface area (Å²) in [7, 11) is 0. The minimum absolute atomic E-state index is 0.464. The Morgan fingerprint density at radius 1 is 1.16 bits per heavy atom. The number of carboxylic acids is 1. The van der Waals surface area contributed by atoms with Crippen molar-refractivity contribution in [2.24, 2.45) is 5.92 Å². The number of carboxylic acid groups (broad SMARTS) is 1. The van der Waals surface area contributed by atoms with Gasteiger partial charge in [0.1, 0.15) is 6.04 Å². The van der Waals surface area contributed by atoms with Gasteiger partial charge >= 0.3 is 5.97 Å². The maximum absolute atomic E-state index is 11.7. The Kier molecular flexibility index (Phi) is 3.56. The second-order valence-electron chi connectivity index (χ2n) is 5.79. The summed E-state index contributed by atoms with van der Waals surface area (Å²) >= 11 is 0. The standard InChI is InChI=1S/C16H21NO2/c18-16(19)15(13-7-2-1-3-8-13)17-11-10-12-6-4-5-9-14(12)17/h1-3,7-8,12,14-15H,4-6,9-11H2,(H,18,19). The summed E-state index contributed by atoms with van der Waals surface area (Å²) in [5.41, 5.74) is 0.918. The number of likely N-dealkylation sites (tertiary alicyclic amines) is 1. The number of nitrogens with zero attached hydrogens (tertiary/aromatic N) is 1. The van der Waals surface area contributed by atoms with E-state index in [1.54, 1.807) is 0 Å². The first-order chi connectivity index (χ1) is 9.27. The fourth-order valence-electron chi connectivity index (χ4n) is 3.87. The Balaban J connectivity index is 1.87. The van der Waals surface area contributed by atoms with E-state index in [0.717, 1.165) is 18.0 Å². The highest BCUT2D eigenvalue weighted by Gasteiger charge is 2.41. The highest BCUT2D eigenvalue weighted by Crippen LogP contribution is 2.40. The lowest BCUT2D eigenvalue weighted by Gasteiger charge is -2.35.